The van der Waals surface area contributed by atoms with Gasteiger partial charge < -0.3 is 20.1 Å². The summed E-state index contributed by atoms with van der Waals surface area (Å²) in [4.78, 5) is 30.1. The number of nitrogens with zero attached hydrogens (tertiary/aromatic N) is 2. The normalized spacial score (nSPS) is 13.6. The van der Waals surface area contributed by atoms with Crippen molar-refractivity contribution < 1.29 is 19.1 Å². The molecule has 2 aromatic rings. The maximum absolute atomic E-state index is 12.5. The van der Waals surface area contributed by atoms with Gasteiger partial charge in [0.15, 0.2) is 11.5 Å². The number of fused-ring (bicyclic) bond motifs is 1. The molecule has 0 aromatic heterocycles. The minimum atomic E-state index is -0.534. The van der Waals surface area contributed by atoms with E-state index in [4.69, 9.17) is 15.2 Å². The molecule has 0 fully saturated rings. The second-order valence-electron chi connectivity index (χ2n) is 5.88. The van der Waals surface area contributed by atoms with Gasteiger partial charge in [-0.15, -0.1) is 0 Å². The van der Waals surface area contributed by atoms with Gasteiger partial charge >= 0.3 is 0 Å². The number of hydrogen-bond acceptors (Lipinski definition) is 5. The number of aliphatic imine (C=N–C) groups is 1. The van der Waals surface area contributed by atoms with Crippen LogP contribution in [-0.2, 0) is 4.79 Å². The number of primary amides is 1. The first-order chi connectivity index (χ1) is 12.9. The van der Waals surface area contributed by atoms with Gasteiger partial charge in [-0.3, -0.25) is 14.6 Å². The summed E-state index contributed by atoms with van der Waals surface area (Å²) in [6.07, 6.45) is 0. The highest BCUT2D eigenvalue weighted by atomic mass is 79.9. The Labute approximate surface area is 164 Å². The fourth-order valence-electron chi connectivity index (χ4n) is 2.98. The summed E-state index contributed by atoms with van der Waals surface area (Å²) in [7, 11) is 4.74. The predicted molar refractivity (Wildman–Crippen MR) is 106 cm³/mol. The van der Waals surface area contributed by atoms with E-state index in [2.05, 4.69) is 20.9 Å². The minimum absolute atomic E-state index is 0.0294. The van der Waals surface area contributed by atoms with Gasteiger partial charge in [-0.25, -0.2) is 0 Å². The van der Waals surface area contributed by atoms with E-state index in [-0.39, 0.29) is 12.5 Å². The number of benzodiazepines with no additional fused rings is 1. The Morgan fingerprint density at radius 3 is 2.63 bits per heavy atom. The summed E-state index contributed by atoms with van der Waals surface area (Å²) >= 11 is 3.53. The monoisotopic (exact) mass is 431 g/mol. The predicted octanol–water partition coefficient (Wildman–Crippen LogP) is 2.38. The van der Waals surface area contributed by atoms with Crippen molar-refractivity contribution in [3.05, 3.63) is 51.5 Å². The number of methoxy groups -OCH3 is 2. The fourth-order valence-corrected chi connectivity index (χ4v) is 3.82. The molecule has 0 spiro atoms. The van der Waals surface area contributed by atoms with Crippen LogP contribution in [0.15, 0.2) is 39.8 Å². The zero-order valence-electron chi connectivity index (χ0n) is 15.1. The molecule has 27 heavy (non-hydrogen) atoms. The molecule has 0 saturated carbocycles. The molecule has 8 heteroatoms. The van der Waals surface area contributed by atoms with Gasteiger partial charge in [-0.05, 0) is 34.1 Å². The van der Waals surface area contributed by atoms with Crippen molar-refractivity contribution in [3.63, 3.8) is 0 Å². The Bertz CT molecular complexity index is 972. The average molecular weight is 432 g/mol. The first-order valence-corrected chi connectivity index (χ1v) is 8.84. The number of nitrogens with two attached hydrogens (primary N) is 1. The van der Waals surface area contributed by atoms with Crippen molar-refractivity contribution in [2.24, 2.45) is 10.7 Å². The molecule has 1 aliphatic heterocycles. The molecule has 7 nitrogen and oxygen atoms in total. The van der Waals surface area contributed by atoms with Crippen LogP contribution in [-0.4, -0.2) is 45.3 Å². The SMILES string of the molecule is COc1cc2c(c(Br)c1OC)N(C)C(=O)CN=C2c1cccc(C(N)=O)c1. The summed E-state index contributed by atoms with van der Waals surface area (Å²) in [6.45, 7) is -0.0294. The van der Waals surface area contributed by atoms with Gasteiger partial charge in [0.25, 0.3) is 0 Å². The van der Waals surface area contributed by atoms with Gasteiger partial charge in [0.05, 0.1) is 30.1 Å². The maximum Gasteiger partial charge on any atom is 0.248 e. The Balaban J connectivity index is 2.31. The quantitative estimate of drug-likeness (QED) is 0.803. The molecule has 0 aliphatic carbocycles. The Kier molecular flexibility index (Phi) is 5.18. The molecule has 0 saturated heterocycles. The number of hydrogen-bond donors (Lipinski definition) is 1. The second-order valence-corrected chi connectivity index (χ2v) is 6.68. The van der Waals surface area contributed by atoms with E-state index in [1.165, 1.54) is 19.1 Å². The molecule has 140 valence electrons. The summed E-state index contributed by atoms with van der Waals surface area (Å²) in [6, 6.07) is 8.60. The molecular weight excluding hydrogens is 414 g/mol. The highest BCUT2D eigenvalue weighted by molar-refractivity contribution is 9.10. The van der Waals surface area contributed by atoms with Crippen molar-refractivity contribution in [1.82, 2.24) is 0 Å². The van der Waals surface area contributed by atoms with E-state index in [0.717, 1.165) is 0 Å². The maximum atomic E-state index is 12.5. The zero-order chi connectivity index (χ0) is 19.7. The van der Waals surface area contributed by atoms with Crippen molar-refractivity contribution >= 4 is 39.1 Å². The van der Waals surface area contributed by atoms with E-state index < -0.39 is 5.91 Å². The van der Waals surface area contributed by atoms with Gasteiger partial charge in [0, 0.05) is 23.7 Å². The van der Waals surface area contributed by atoms with E-state index in [9.17, 15) is 9.59 Å². The number of ether oxygens (including phenoxy) is 2. The summed E-state index contributed by atoms with van der Waals surface area (Å²) < 4.78 is 11.5. The molecule has 3 rings (SSSR count). The second kappa shape index (κ2) is 7.40. The van der Waals surface area contributed by atoms with E-state index in [1.54, 1.807) is 31.3 Å². The number of amides is 2. The lowest BCUT2D eigenvalue weighted by Gasteiger charge is -2.23. The largest absolute Gasteiger partial charge is 0.493 e. The summed E-state index contributed by atoms with van der Waals surface area (Å²) in [5, 5.41) is 0. The molecule has 0 atom stereocenters. The fraction of sp³-hybridized carbons (Fsp3) is 0.211. The van der Waals surface area contributed by atoms with E-state index >= 15 is 0 Å². The third kappa shape index (κ3) is 3.28. The Morgan fingerprint density at radius 1 is 1.26 bits per heavy atom. The molecule has 1 aliphatic rings. The first-order valence-electron chi connectivity index (χ1n) is 8.05. The number of benzene rings is 2. The molecule has 0 bridgehead atoms. The standard InChI is InChI=1S/C19H18BrN3O4/c1-23-14(24)9-22-16(10-5-4-6-11(7-10)19(21)25)12-8-13(26-2)18(27-3)15(20)17(12)23/h4-8H,9H2,1-3H3,(H2,21,25). The highest BCUT2D eigenvalue weighted by Crippen LogP contribution is 2.45. The molecule has 2 amide bonds. The third-order valence-electron chi connectivity index (χ3n) is 4.34. The van der Waals surface area contributed by atoms with Crippen molar-refractivity contribution in [2.75, 3.05) is 32.7 Å². The topological polar surface area (TPSA) is 94.2 Å². The molecular formula is C19H18BrN3O4. The lowest BCUT2D eigenvalue weighted by molar-refractivity contribution is -0.116. The van der Waals surface area contributed by atoms with Crippen molar-refractivity contribution in [3.8, 4) is 11.5 Å². The van der Waals surface area contributed by atoms with Crippen LogP contribution in [0.1, 0.15) is 21.5 Å². The van der Waals surface area contributed by atoms with Gasteiger partial charge in [0.2, 0.25) is 11.8 Å². The molecule has 1 heterocycles. The van der Waals surface area contributed by atoms with Crippen LogP contribution in [0.5, 0.6) is 11.5 Å². The number of halogens is 1. The average Bonchev–Trinajstić information content (AvgIpc) is 2.78. The lowest BCUT2D eigenvalue weighted by atomic mass is 9.98. The number of rotatable bonds is 4. The first kappa shape index (κ1) is 18.9. The van der Waals surface area contributed by atoms with Gasteiger partial charge in [-0.2, -0.15) is 0 Å². The van der Waals surface area contributed by atoms with Crippen LogP contribution in [0.4, 0.5) is 5.69 Å². The molecule has 2 N–H and O–H groups in total. The summed E-state index contributed by atoms with van der Waals surface area (Å²) in [5.41, 5.74) is 8.29. The number of carbonyl (C=O) groups is 2. The van der Waals surface area contributed by atoms with Crippen LogP contribution < -0.4 is 20.1 Å². The third-order valence-corrected chi connectivity index (χ3v) is 5.08. The molecule has 2 aromatic carbocycles. The van der Waals surface area contributed by atoms with E-state index in [0.29, 0.717) is 44.1 Å². The Morgan fingerprint density at radius 2 is 2.00 bits per heavy atom. The number of likely N-dealkylation sites (N-methyl/N-ethyl adjacent to an activating group) is 1. The van der Waals surface area contributed by atoms with Crippen molar-refractivity contribution in [1.29, 1.82) is 0 Å². The Hall–Kier alpha value is -2.87. The van der Waals surface area contributed by atoms with Gasteiger partial charge in [0.1, 0.15) is 6.54 Å². The molecule has 0 unspecified atom stereocenters. The van der Waals surface area contributed by atoms with Crippen LogP contribution in [0.3, 0.4) is 0 Å². The number of anilines is 1. The lowest BCUT2D eigenvalue weighted by Crippen LogP contribution is -2.28. The van der Waals surface area contributed by atoms with E-state index in [1.807, 2.05) is 6.07 Å². The zero-order valence-corrected chi connectivity index (χ0v) is 16.7. The van der Waals surface area contributed by atoms with Crippen LogP contribution >= 0.6 is 15.9 Å². The minimum Gasteiger partial charge on any atom is -0.493 e. The van der Waals surface area contributed by atoms with Crippen LogP contribution in [0.25, 0.3) is 0 Å². The van der Waals surface area contributed by atoms with Crippen LogP contribution in [0.2, 0.25) is 0 Å². The smallest absolute Gasteiger partial charge is 0.248 e. The van der Waals surface area contributed by atoms with Crippen LogP contribution in [0, 0.1) is 0 Å². The van der Waals surface area contributed by atoms with Gasteiger partial charge in [-0.1, -0.05) is 12.1 Å². The number of carbonyl (C=O) groups excluding carboxylic acids is 2. The summed E-state index contributed by atoms with van der Waals surface area (Å²) in [5.74, 6) is 0.255. The van der Waals surface area contributed by atoms with Crippen molar-refractivity contribution in [2.45, 2.75) is 0 Å². The molecule has 0 radical (unpaired) electrons. The highest BCUT2D eigenvalue weighted by Gasteiger charge is 2.29.